The molecule has 2 rings (SSSR count). The lowest BCUT2D eigenvalue weighted by Crippen LogP contribution is -2.26. The number of carbonyl (C=O) groups excluding carboxylic acids is 1. The van der Waals surface area contributed by atoms with Crippen molar-refractivity contribution in [1.82, 2.24) is 15.3 Å². The van der Waals surface area contributed by atoms with Crippen LogP contribution in [0.5, 0.6) is 0 Å². The number of hydrogen-bond acceptors (Lipinski definition) is 4. The van der Waals surface area contributed by atoms with Gasteiger partial charge < -0.3 is 5.32 Å². The van der Waals surface area contributed by atoms with Crippen LogP contribution in [0.3, 0.4) is 0 Å². The van der Waals surface area contributed by atoms with E-state index in [0.29, 0.717) is 4.88 Å². The van der Waals surface area contributed by atoms with Crippen molar-refractivity contribution < 1.29 is 4.79 Å². The van der Waals surface area contributed by atoms with Crippen LogP contribution >= 0.6 is 11.3 Å². The van der Waals surface area contributed by atoms with Crippen LogP contribution in [-0.4, -0.2) is 15.9 Å². The SMILES string of the molecule is Cc1nc(C)c(C(=O)NC(C)c2ccncc2)s1. The molecule has 0 bridgehead atoms. The van der Waals surface area contributed by atoms with Crippen LogP contribution in [0.4, 0.5) is 0 Å². The highest BCUT2D eigenvalue weighted by atomic mass is 32.1. The van der Waals surface area contributed by atoms with Crippen LogP contribution in [0.2, 0.25) is 0 Å². The lowest BCUT2D eigenvalue weighted by molar-refractivity contribution is 0.0943. The number of hydrogen-bond donors (Lipinski definition) is 1. The van der Waals surface area contributed by atoms with Crippen molar-refractivity contribution in [3.8, 4) is 0 Å². The summed E-state index contributed by atoms with van der Waals surface area (Å²) in [7, 11) is 0. The fourth-order valence-electron chi connectivity index (χ4n) is 1.74. The van der Waals surface area contributed by atoms with Crippen LogP contribution in [0.25, 0.3) is 0 Å². The van der Waals surface area contributed by atoms with Gasteiger partial charge in [-0.25, -0.2) is 4.98 Å². The Balaban J connectivity index is 2.10. The van der Waals surface area contributed by atoms with Gasteiger partial charge in [-0.05, 0) is 38.5 Å². The monoisotopic (exact) mass is 261 g/mol. The Kier molecular flexibility index (Phi) is 3.72. The van der Waals surface area contributed by atoms with E-state index >= 15 is 0 Å². The predicted molar refractivity (Wildman–Crippen MR) is 71.7 cm³/mol. The van der Waals surface area contributed by atoms with Crippen LogP contribution in [0, 0.1) is 13.8 Å². The van der Waals surface area contributed by atoms with Crippen LogP contribution in [0.15, 0.2) is 24.5 Å². The summed E-state index contributed by atoms with van der Waals surface area (Å²) in [5, 5.41) is 3.88. The molecule has 0 aromatic carbocycles. The zero-order valence-corrected chi connectivity index (χ0v) is 11.4. The first-order valence-electron chi connectivity index (χ1n) is 5.72. The van der Waals surface area contributed by atoms with Crippen molar-refractivity contribution >= 4 is 17.2 Å². The number of carbonyl (C=O) groups is 1. The van der Waals surface area contributed by atoms with Gasteiger partial charge in [0.05, 0.1) is 16.7 Å². The third-order valence-corrected chi connectivity index (χ3v) is 3.74. The van der Waals surface area contributed by atoms with E-state index < -0.39 is 0 Å². The van der Waals surface area contributed by atoms with E-state index in [2.05, 4.69) is 15.3 Å². The molecule has 18 heavy (non-hydrogen) atoms. The second-order valence-corrected chi connectivity index (χ2v) is 5.33. The summed E-state index contributed by atoms with van der Waals surface area (Å²) in [6, 6.07) is 3.76. The quantitative estimate of drug-likeness (QED) is 0.924. The lowest BCUT2D eigenvalue weighted by atomic mass is 10.1. The maximum absolute atomic E-state index is 12.1. The number of pyridine rings is 1. The Morgan fingerprint density at radius 3 is 2.56 bits per heavy atom. The minimum atomic E-state index is -0.0672. The van der Waals surface area contributed by atoms with Crippen molar-refractivity contribution in [2.45, 2.75) is 26.8 Å². The van der Waals surface area contributed by atoms with E-state index in [4.69, 9.17) is 0 Å². The Morgan fingerprint density at radius 2 is 2.00 bits per heavy atom. The van der Waals surface area contributed by atoms with Gasteiger partial charge in [0.15, 0.2) is 0 Å². The summed E-state index contributed by atoms with van der Waals surface area (Å²) >= 11 is 1.42. The molecule has 1 N–H and O–H groups in total. The second-order valence-electron chi connectivity index (χ2n) is 4.12. The number of rotatable bonds is 3. The molecule has 0 spiro atoms. The lowest BCUT2D eigenvalue weighted by Gasteiger charge is -2.13. The molecule has 0 fully saturated rings. The first kappa shape index (κ1) is 12.7. The minimum absolute atomic E-state index is 0.0395. The molecule has 1 amide bonds. The van der Waals surface area contributed by atoms with E-state index in [1.807, 2.05) is 32.9 Å². The zero-order valence-electron chi connectivity index (χ0n) is 10.6. The predicted octanol–water partition coefficient (Wildman–Crippen LogP) is 2.65. The summed E-state index contributed by atoms with van der Waals surface area (Å²) in [5.41, 5.74) is 1.83. The Morgan fingerprint density at radius 1 is 1.33 bits per heavy atom. The fraction of sp³-hybridized carbons (Fsp3) is 0.308. The van der Waals surface area contributed by atoms with Gasteiger partial charge >= 0.3 is 0 Å². The largest absolute Gasteiger partial charge is 0.345 e. The van der Waals surface area contributed by atoms with E-state index in [9.17, 15) is 4.79 Å². The molecule has 1 unspecified atom stereocenters. The van der Waals surface area contributed by atoms with Crippen molar-refractivity contribution in [1.29, 1.82) is 0 Å². The van der Waals surface area contributed by atoms with Crippen molar-refractivity contribution in [3.63, 3.8) is 0 Å². The smallest absolute Gasteiger partial charge is 0.263 e. The molecular weight excluding hydrogens is 246 g/mol. The fourth-order valence-corrected chi connectivity index (χ4v) is 2.56. The maximum Gasteiger partial charge on any atom is 0.263 e. The van der Waals surface area contributed by atoms with Gasteiger partial charge in [-0.1, -0.05) is 0 Å². The van der Waals surface area contributed by atoms with E-state index in [1.54, 1.807) is 12.4 Å². The molecule has 1 atom stereocenters. The summed E-state index contributed by atoms with van der Waals surface area (Å²) < 4.78 is 0. The highest BCUT2D eigenvalue weighted by Gasteiger charge is 2.16. The molecule has 0 saturated heterocycles. The molecular formula is C13H15N3OS. The number of thiazole rings is 1. The molecule has 2 heterocycles. The van der Waals surface area contributed by atoms with Gasteiger partial charge in [0.1, 0.15) is 4.88 Å². The van der Waals surface area contributed by atoms with Gasteiger partial charge in [-0.15, -0.1) is 11.3 Å². The standard InChI is InChI=1S/C13H15N3OS/c1-8(11-4-6-14-7-5-11)16-13(17)12-9(2)15-10(3)18-12/h4-8H,1-3H3,(H,16,17). The van der Waals surface area contributed by atoms with Crippen LogP contribution in [-0.2, 0) is 0 Å². The number of aromatic nitrogens is 2. The van der Waals surface area contributed by atoms with Gasteiger partial charge in [0.25, 0.3) is 5.91 Å². The summed E-state index contributed by atoms with van der Waals surface area (Å²) in [6.45, 7) is 5.71. The molecule has 0 aliphatic rings. The summed E-state index contributed by atoms with van der Waals surface area (Å²) in [6.07, 6.45) is 3.44. The molecule has 0 aliphatic carbocycles. The molecule has 94 valence electrons. The molecule has 2 aromatic rings. The normalized spacial score (nSPS) is 12.2. The van der Waals surface area contributed by atoms with E-state index in [0.717, 1.165) is 16.3 Å². The average Bonchev–Trinajstić information content (AvgIpc) is 2.69. The Bertz CT molecular complexity index is 551. The molecule has 2 aromatic heterocycles. The Labute approximate surface area is 110 Å². The highest BCUT2D eigenvalue weighted by Crippen LogP contribution is 2.18. The van der Waals surface area contributed by atoms with E-state index in [-0.39, 0.29) is 11.9 Å². The Hall–Kier alpha value is -1.75. The van der Waals surface area contributed by atoms with Crippen molar-refractivity contribution in [2.75, 3.05) is 0 Å². The first-order valence-corrected chi connectivity index (χ1v) is 6.54. The zero-order chi connectivity index (χ0) is 13.1. The minimum Gasteiger partial charge on any atom is -0.345 e. The van der Waals surface area contributed by atoms with Gasteiger partial charge in [-0.3, -0.25) is 9.78 Å². The number of nitrogens with zero attached hydrogens (tertiary/aromatic N) is 2. The van der Waals surface area contributed by atoms with E-state index in [1.165, 1.54) is 11.3 Å². The average molecular weight is 261 g/mol. The molecule has 4 nitrogen and oxygen atoms in total. The maximum atomic E-state index is 12.1. The molecule has 0 aliphatic heterocycles. The third kappa shape index (κ3) is 2.73. The van der Waals surface area contributed by atoms with Crippen molar-refractivity contribution in [2.24, 2.45) is 0 Å². The second kappa shape index (κ2) is 5.27. The molecule has 0 saturated carbocycles. The topological polar surface area (TPSA) is 54.9 Å². The molecule has 0 radical (unpaired) electrons. The summed E-state index contributed by atoms with van der Waals surface area (Å²) in [5.74, 6) is -0.0672. The highest BCUT2D eigenvalue weighted by molar-refractivity contribution is 7.13. The first-order chi connectivity index (χ1) is 8.58. The van der Waals surface area contributed by atoms with Gasteiger partial charge in [0.2, 0.25) is 0 Å². The van der Waals surface area contributed by atoms with Crippen molar-refractivity contribution in [3.05, 3.63) is 45.7 Å². The number of aryl methyl sites for hydroxylation is 2. The number of amides is 1. The summed E-state index contributed by atoms with van der Waals surface area (Å²) in [4.78, 5) is 21.0. The third-order valence-electron chi connectivity index (χ3n) is 2.66. The number of nitrogens with one attached hydrogen (secondary N) is 1. The van der Waals surface area contributed by atoms with Crippen LogP contribution < -0.4 is 5.32 Å². The molecule has 5 heteroatoms. The van der Waals surface area contributed by atoms with Gasteiger partial charge in [0, 0.05) is 12.4 Å². The van der Waals surface area contributed by atoms with Crippen LogP contribution in [0.1, 0.15) is 38.9 Å². The van der Waals surface area contributed by atoms with Gasteiger partial charge in [-0.2, -0.15) is 0 Å².